The molecule has 1 aromatic rings. The van der Waals surface area contributed by atoms with Crippen molar-refractivity contribution in [3.63, 3.8) is 0 Å². The summed E-state index contributed by atoms with van der Waals surface area (Å²) < 4.78 is 5.38. The average Bonchev–Trinajstić information content (AvgIpc) is 2.33. The fraction of sp³-hybridized carbons (Fsp3) is 0.500. The van der Waals surface area contributed by atoms with Crippen molar-refractivity contribution >= 4 is 0 Å². The number of hydrogen-bond acceptors (Lipinski definition) is 3. The van der Waals surface area contributed by atoms with Gasteiger partial charge in [0.2, 0.25) is 0 Å². The molecule has 3 heteroatoms. The molecule has 0 amide bonds. The van der Waals surface area contributed by atoms with E-state index in [-0.39, 0.29) is 6.10 Å². The first kappa shape index (κ1) is 6.73. The van der Waals surface area contributed by atoms with E-state index in [1.54, 1.807) is 0 Å². The molecular formula is C8H10N2O. The van der Waals surface area contributed by atoms with Gasteiger partial charge in [-0.05, 0) is 13.8 Å². The monoisotopic (exact) mass is 150 g/mol. The van der Waals surface area contributed by atoms with Crippen LogP contribution in [0, 0.1) is 6.92 Å². The smallest absolute Gasteiger partial charge is 0.125 e. The van der Waals surface area contributed by atoms with Gasteiger partial charge < -0.3 is 4.74 Å². The molecule has 2 rings (SSSR count). The van der Waals surface area contributed by atoms with E-state index < -0.39 is 0 Å². The second-order valence-corrected chi connectivity index (χ2v) is 2.78. The Kier molecular flexibility index (Phi) is 1.39. The fourth-order valence-electron chi connectivity index (χ4n) is 1.27. The van der Waals surface area contributed by atoms with Crippen molar-refractivity contribution in [3.8, 4) is 0 Å². The molecule has 0 fully saturated rings. The number of nitrogens with zero attached hydrogens (tertiary/aromatic N) is 2. The molecule has 0 saturated heterocycles. The second kappa shape index (κ2) is 2.27. The second-order valence-electron chi connectivity index (χ2n) is 2.78. The maximum Gasteiger partial charge on any atom is 0.125 e. The van der Waals surface area contributed by atoms with Crippen molar-refractivity contribution in [2.45, 2.75) is 26.6 Å². The van der Waals surface area contributed by atoms with Gasteiger partial charge in [-0.1, -0.05) is 0 Å². The van der Waals surface area contributed by atoms with Gasteiger partial charge in [0, 0.05) is 11.8 Å². The zero-order chi connectivity index (χ0) is 7.84. The fourth-order valence-corrected chi connectivity index (χ4v) is 1.27. The molecule has 0 spiro atoms. The Morgan fingerprint density at radius 2 is 2.45 bits per heavy atom. The van der Waals surface area contributed by atoms with Crippen molar-refractivity contribution in [1.82, 2.24) is 9.97 Å². The third-order valence-electron chi connectivity index (χ3n) is 1.89. The van der Waals surface area contributed by atoms with Crippen LogP contribution in [0.2, 0.25) is 0 Å². The van der Waals surface area contributed by atoms with E-state index >= 15 is 0 Å². The summed E-state index contributed by atoms with van der Waals surface area (Å²) in [6.07, 6.45) is 1.99. The predicted molar refractivity (Wildman–Crippen MR) is 40.0 cm³/mol. The molecule has 11 heavy (non-hydrogen) atoms. The van der Waals surface area contributed by atoms with Gasteiger partial charge in [-0.25, -0.2) is 9.97 Å². The van der Waals surface area contributed by atoms with Gasteiger partial charge in [0.05, 0.1) is 18.4 Å². The largest absolute Gasteiger partial charge is 0.367 e. The lowest BCUT2D eigenvalue weighted by molar-refractivity contribution is 0.0778. The molecular weight excluding hydrogens is 140 g/mol. The minimum atomic E-state index is 0.145. The lowest BCUT2D eigenvalue weighted by atomic mass is 10.2. The number of hydrogen-bond donors (Lipinski definition) is 0. The van der Waals surface area contributed by atoms with Gasteiger partial charge >= 0.3 is 0 Å². The Bertz CT molecular complexity index is 285. The minimum absolute atomic E-state index is 0.145. The van der Waals surface area contributed by atoms with Gasteiger partial charge in [-0.15, -0.1) is 0 Å². The van der Waals surface area contributed by atoms with Gasteiger partial charge in [0.15, 0.2) is 0 Å². The number of ether oxygens (including phenoxy) is 1. The number of aryl methyl sites for hydroxylation is 1. The summed E-state index contributed by atoms with van der Waals surface area (Å²) in [6, 6.07) is 0. The summed E-state index contributed by atoms with van der Waals surface area (Å²) in [6.45, 7) is 4.57. The summed E-state index contributed by atoms with van der Waals surface area (Å²) >= 11 is 0. The van der Waals surface area contributed by atoms with Crippen molar-refractivity contribution in [2.24, 2.45) is 0 Å². The highest BCUT2D eigenvalue weighted by Crippen LogP contribution is 2.26. The Balaban J connectivity index is 2.52. The van der Waals surface area contributed by atoms with Crippen LogP contribution in [0.15, 0.2) is 6.20 Å². The molecule has 0 bridgehead atoms. The maximum absolute atomic E-state index is 5.38. The zero-order valence-corrected chi connectivity index (χ0v) is 6.66. The van der Waals surface area contributed by atoms with E-state index in [0.29, 0.717) is 6.61 Å². The SMILES string of the molecule is Cc1ncc2c(n1)[C@H](C)OC2. The van der Waals surface area contributed by atoms with E-state index in [9.17, 15) is 0 Å². The molecule has 0 unspecified atom stereocenters. The lowest BCUT2D eigenvalue weighted by Gasteiger charge is -2.01. The summed E-state index contributed by atoms with van der Waals surface area (Å²) in [5.41, 5.74) is 2.18. The van der Waals surface area contributed by atoms with Crippen LogP contribution in [-0.4, -0.2) is 9.97 Å². The summed E-state index contributed by atoms with van der Waals surface area (Å²) in [5, 5.41) is 0. The van der Waals surface area contributed by atoms with E-state index in [0.717, 1.165) is 17.1 Å². The quantitative estimate of drug-likeness (QED) is 0.560. The van der Waals surface area contributed by atoms with Crippen LogP contribution in [0.5, 0.6) is 0 Å². The van der Waals surface area contributed by atoms with Crippen LogP contribution in [0.1, 0.15) is 30.1 Å². The average molecular weight is 150 g/mol. The molecule has 1 atom stereocenters. The highest BCUT2D eigenvalue weighted by atomic mass is 16.5. The molecule has 0 aliphatic carbocycles. The van der Waals surface area contributed by atoms with Gasteiger partial charge in [-0.2, -0.15) is 0 Å². The highest BCUT2D eigenvalue weighted by Gasteiger charge is 2.20. The third kappa shape index (κ3) is 1.01. The Morgan fingerprint density at radius 3 is 3.27 bits per heavy atom. The van der Waals surface area contributed by atoms with Gasteiger partial charge in [0.1, 0.15) is 5.82 Å². The summed E-state index contributed by atoms with van der Waals surface area (Å²) in [7, 11) is 0. The summed E-state index contributed by atoms with van der Waals surface area (Å²) in [5.74, 6) is 0.820. The van der Waals surface area contributed by atoms with Crippen LogP contribution in [0.3, 0.4) is 0 Å². The highest BCUT2D eigenvalue weighted by molar-refractivity contribution is 5.21. The van der Waals surface area contributed by atoms with Crippen LogP contribution in [0.25, 0.3) is 0 Å². The van der Waals surface area contributed by atoms with Crippen molar-refractivity contribution in [3.05, 3.63) is 23.3 Å². The Morgan fingerprint density at radius 1 is 1.64 bits per heavy atom. The predicted octanol–water partition coefficient (Wildman–Crippen LogP) is 1.38. The van der Waals surface area contributed by atoms with E-state index in [2.05, 4.69) is 9.97 Å². The number of rotatable bonds is 0. The molecule has 1 aliphatic heterocycles. The lowest BCUT2D eigenvalue weighted by Crippen LogP contribution is -1.96. The molecule has 2 heterocycles. The van der Waals surface area contributed by atoms with Crippen LogP contribution < -0.4 is 0 Å². The molecule has 0 N–H and O–H groups in total. The Hall–Kier alpha value is -0.960. The van der Waals surface area contributed by atoms with E-state index in [1.807, 2.05) is 20.0 Å². The topological polar surface area (TPSA) is 35.0 Å². The first-order valence-electron chi connectivity index (χ1n) is 3.71. The van der Waals surface area contributed by atoms with Gasteiger partial charge in [-0.3, -0.25) is 0 Å². The Labute approximate surface area is 65.4 Å². The molecule has 1 aromatic heterocycles. The molecule has 0 aromatic carbocycles. The minimum Gasteiger partial charge on any atom is -0.367 e. The van der Waals surface area contributed by atoms with Crippen LogP contribution >= 0.6 is 0 Å². The summed E-state index contributed by atoms with van der Waals surface area (Å²) in [4.78, 5) is 8.39. The van der Waals surface area contributed by atoms with E-state index in [4.69, 9.17) is 4.74 Å². The van der Waals surface area contributed by atoms with Crippen LogP contribution in [0.4, 0.5) is 0 Å². The molecule has 58 valence electrons. The third-order valence-corrected chi connectivity index (χ3v) is 1.89. The maximum atomic E-state index is 5.38. The first-order chi connectivity index (χ1) is 5.27. The van der Waals surface area contributed by atoms with Crippen LogP contribution in [-0.2, 0) is 11.3 Å². The number of fused-ring (bicyclic) bond motifs is 1. The molecule has 1 aliphatic rings. The standard InChI is InChI=1S/C8H10N2O/c1-5-8-7(4-11-5)3-9-6(2)10-8/h3,5H,4H2,1-2H3/t5-/m0/s1. The normalized spacial score (nSPS) is 21.8. The molecule has 0 saturated carbocycles. The molecule has 3 nitrogen and oxygen atoms in total. The van der Waals surface area contributed by atoms with E-state index in [1.165, 1.54) is 0 Å². The molecule has 0 radical (unpaired) electrons. The van der Waals surface area contributed by atoms with Crippen molar-refractivity contribution < 1.29 is 4.74 Å². The first-order valence-corrected chi connectivity index (χ1v) is 3.71. The van der Waals surface area contributed by atoms with Crippen molar-refractivity contribution in [1.29, 1.82) is 0 Å². The van der Waals surface area contributed by atoms with Crippen molar-refractivity contribution in [2.75, 3.05) is 0 Å². The van der Waals surface area contributed by atoms with Gasteiger partial charge in [0.25, 0.3) is 0 Å². The number of aromatic nitrogens is 2. The zero-order valence-electron chi connectivity index (χ0n) is 6.66.